The van der Waals surface area contributed by atoms with Gasteiger partial charge in [-0.25, -0.2) is 4.98 Å². The fourth-order valence-corrected chi connectivity index (χ4v) is 2.97. The van der Waals surface area contributed by atoms with Crippen molar-refractivity contribution in [1.82, 2.24) is 19.3 Å². The quantitative estimate of drug-likeness (QED) is 0.722. The molecule has 2 aromatic heterocycles. The van der Waals surface area contributed by atoms with Gasteiger partial charge in [0.1, 0.15) is 6.61 Å². The first-order valence-corrected chi connectivity index (χ1v) is 8.03. The van der Waals surface area contributed by atoms with Crippen LogP contribution in [0.5, 0.6) is 0 Å². The van der Waals surface area contributed by atoms with Gasteiger partial charge in [0.2, 0.25) is 0 Å². The first-order valence-electron chi connectivity index (χ1n) is 8.03. The zero-order valence-electron chi connectivity index (χ0n) is 14.5. The number of benzene rings is 1. The van der Waals surface area contributed by atoms with E-state index in [0.717, 1.165) is 23.6 Å². The molecular weight excluding hydrogens is 288 g/mol. The standard InChI is InChI=1S/C18H24N4O/c1-6-12(2)15-10-21(3)16-8-7-13(9-14(15)16)18-19-17(11-23-5)22(4)20-18/h7-10,12H,6,11H2,1-5H3. The molecule has 3 aromatic rings. The van der Waals surface area contributed by atoms with Gasteiger partial charge in [0, 0.05) is 43.9 Å². The second-order valence-electron chi connectivity index (χ2n) is 6.14. The van der Waals surface area contributed by atoms with E-state index in [1.54, 1.807) is 11.8 Å². The Hall–Kier alpha value is -2.14. The number of rotatable bonds is 5. The molecule has 0 aliphatic carbocycles. The smallest absolute Gasteiger partial charge is 0.181 e. The second kappa shape index (κ2) is 6.16. The van der Waals surface area contributed by atoms with Gasteiger partial charge < -0.3 is 9.30 Å². The number of aromatic nitrogens is 4. The fraction of sp³-hybridized carbons (Fsp3) is 0.444. The summed E-state index contributed by atoms with van der Waals surface area (Å²) in [4.78, 5) is 4.60. The Morgan fingerprint density at radius 1 is 1.26 bits per heavy atom. The minimum Gasteiger partial charge on any atom is -0.377 e. The number of hydrogen-bond acceptors (Lipinski definition) is 3. The highest BCUT2D eigenvalue weighted by Gasteiger charge is 2.15. The van der Waals surface area contributed by atoms with Gasteiger partial charge in [-0.1, -0.05) is 13.8 Å². The highest BCUT2D eigenvalue weighted by Crippen LogP contribution is 2.31. The van der Waals surface area contributed by atoms with E-state index in [1.165, 1.54) is 16.5 Å². The molecule has 5 nitrogen and oxygen atoms in total. The summed E-state index contributed by atoms with van der Waals surface area (Å²) in [5, 5.41) is 5.82. The maximum atomic E-state index is 5.17. The lowest BCUT2D eigenvalue weighted by atomic mass is 9.97. The maximum absolute atomic E-state index is 5.17. The van der Waals surface area contributed by atoms with Gasteiger partial charge >= 0.3 is 0 Å². The van der Waals surface area contributed by atoms with Crippen LogP contribution in [0.1, 0.15) is 37.6 Å². The van der Waals surface area contributed by atoms with E-state index < -0.39 is 0 Å². The summed E-state index contributed by atoms with van der Waals surface area (Å²) in [6.45, 7) is 4.97. The van der Waals surface area contributed by atoms with Crippen molar-refractivity contribution < 1.29 is 4.74 Å². The minimum atomic E-state index is 0.467. The highest BCUT2D eigenvalue weighted by atomic mass is 16.5. The highest BCUT2D eigenvalue weighted by molar-refractivity contribution is 5.88. The molecule has 0 N–H and O–H groups in total. The molecule has 0 bridgehead atoms. The van der Waals surface area contributed by atoms with E-state index in [0.29, 0.717) is 12.5 Å². The number of ether oxygens (including phenoxy) is 1. The molecule has 1 atom stereocenters. The molecule has 0 radical (unpaired) electrons. The fourth-order valence-electron chi connectivity index (χ4n) is 2.97. The molecule has 122 valence electrons. The van der Waals surface area contributed by atoms with Crippen molar-refractivity contribution in [2.75, 3.05) is 7.11 Å². The Labute approximate surface area is 136 Å². The van der Waals surface area contributed by atoms with Crippen molar-refractivity contribution in [3.05, 3.63) is 35.8 Å². The van der Waals surface area contributed by atoms with E-state index in [1.807, 2.05) is 7.05 Å². The van der Waals surface area contributed by atoms with Crippen LogP contribution in [0.3, 0.4) is 0 Å². The Kier molecular flexibility index (Phi) is 4.22. The number of fused-ring (bicyclic) bond motifs is 1. The van der Waals surface area contributed by atoms with Crippen molar-refractivity contribution in [3.63, 3.8) is 0 Å². The molecule has 1 aromatic carbocycles. The Bertz CT molecular complexity index is 831. The van der Waals surface area contributed by atoms with Crippen molar-refractivity contribution in [2.24, 2.45) is 14.1 Å². The van der Waals surface area contributed by atoms with Crippen LogP contribution in [0, 0.1) is 0 Å². The number of nitrogens with zero attached hydrogens (tertiary/aromatic N) is 4. The van der Waals surface area contributed by atoms with Gasteiger partial charge in [-0.3, -0.25) is 4.68 Å². The van der Waals surface area contributed by atoms with Gasteiger partial charge in [0.15, 0.2) is 11.6 Å². The van der Waals surface area contributed by atoms with Gasteiger partial charge in [0.25, 0.3) is 0 Å². The molecule has 0 fully saturated rings. The summed E-state index contributed by atoms with van der Waals surface area (Å²) < 4.78 is 9.15. The monoisotopic (exact) mass is 312 g/mol. The summed E-state index contributed by atoms with van der Waals surface area (Å²) in [5.41, 5.74) is 3.68. The van der Waals surface area contributed by atoms with Crippen LogP contribution in [-0.4, -0.2) is 26.4 Å². The SMILES string of the molecule is CCC(C)c1cn(C)c2ccc(-c3nc(COC)n(C)n3)cc12. The average Bonchev–Trinajstić information content (AvgIpc) is 3.08. The van der Waals surface area contributed by atoms with Crippen molar-refractivity contribution in [2.45, 2.75) is 32.8 Å². The molecule has 0 spiro atoms. The molecule has 3 rings (SSSR count). The lowest BCUT2D eigenvalue weighted by Crippen LogP contribution is -2.00. The molecule has 0 saturated heterocycles. The molecular formula is C18H24N4O. The molecule has 0 saturated carbocycles. The molecule has 2 heterocycles. The molecule has 1 unspecified atom stereocenters. The Balaban J connectivity index is 2.10. The lowest BCUT2D eigenvalue weighted by Gasteiger charge is -2.07. The van der Waals surface area contributed by atoms with Crippen LogP contribution >= 0.6 is 0 Å². The van der Waals surface area contributed by atoms with Crippen LogP contribution in [0.25, 0.3) is 22.3 Å². The normalized spacial score (nSPS) is 12.9. The third-order valence-electron chi connectivity index (χ3n) is 4.55. The van der Waals surface area contributed by atoms with Crippen LogP contribution in [0.15, 0.2) is 24.4 Å². The van der Waals surface area contributed by atoms with Gasteiger partial charge in [-0.15, -0.1) is 0 Å². The van der Waals surface area contributed by atoms with E-state index in [4.69, 9.17) is 4.74 Å². The van der Waals surface area contributed by atoms with Crippen LogP contribution in [-0.2, 0) is 25.4 Å². The zero-order chi connectivity index (χ0) is 16.6. The van der Waals surface area contributed by atoms with Gasteiger partial charge in [-0.05, 0) is 36.1 Å². The summed E-state index contributed by atoms with van der Waals surface area (Å²) >= 11 is 0. The molecule has 0 amide bonds. The van der Waals surface area contributed by atoms with Crippen LogP contribution in [0.4, 0.5) is 0 Å². The maximum Gasteiger partial charge on any atom is 0.181 e. The van der Waals surface area contributed by atoms with E-state index in [2.05, 4.69) is 59.9 Å². The van der Waals surface area contributed by atoms with E-state index in [-0.39, 0.29) is 0 Å². The first kappa shape index (κ1) is 15.7. The van der Waals surface area contributed by atoms with Crippen molar-refractivity contribution in [3.8, 4) is 11.4 Å². The van der Waals surface area contributed by atoms with Crippen LogP contribution < -0.4 is 0 Å². The largest absolute Gasteiger partial charge is 0.377 e. The summed E-state index contributed by atoms with van der Waals surface area (Å²) in [6, 6.07) is 6.46. The van der Waals surface area contributed by atoms with Gasteiger partial charge in [-0.2, -0.15) is 5.10 Å². The predicted octanol–water partition coefficient (Wildman–Crippen LogP) is 3.63. The number of aryl methyl sites for hydroxylation is 2. The molecule has 5 heteroatoms. The molecule has 23 heavy (non-hydrogen) atoms. The number of hydrogen-bond donors (Lipinski definition) is 0. The third-order valence-corrected chi connectivity index (χ3v) is 4.55. The molecule has 0 aliphatic heterocycles. The Morgan fingerprint density at radius 2 is 2.04 bits per heavy atom. The van der Waals surface area contributed by atoms with Crippen LogP contribution in [0.2, 0.25) is 0 Å². The minimum absolute atomic E-state index is 0.467. The van der Waals surface area contributed by atoms with Gasteiger partial charge in [0.05, 0.1) is 0 Å². The molecule has 0 aliphatic rings. The summed E-state index contributed by atoms with van der Waals surface area (Å²) in [6.07, 6.45) is 3.37. The Morgan fingerprint density at radius 3 is 2.74 bits per heavy atom. The third kappa shape index (κ3) is 2.77. The first-order chi connectivity index (χ1) is 11.0. The summed E-state index contributed by atoms with van der Waals surface area (Å²) in [5.74, 6) is 2.12. The summed E-state index contributed by atoms with van der Waals surface area (Å²) in [7, 11) is 5.67. The lowest BCUT2D eigenvalue weighted by molar-refractivity contribution is 0.174. The zero-order valence-corrected chi connectivity index (χ0v) is 14.5. The number of methoxy groups -OCH3 is 1. The average molecular weight is 312 g/mol. The topological polar surface area (TPSA) is 44.9 Å². The van der Waals surface area contributed by atoms with Crippen molar-refractivity contribution in [1.29, 1.82) is 0 Å². The van der Waals surface area contributed by atoms with E-state index in [9.17, 15) is 0 Å². The van der Waals surface area contributed by atoms with Crippen molar-refractivity contribution >= 4 is 10.9 Å². The second-order valence-corrected chi connectivity index (χ2v) is 6.14. The predicted molar refractivity (Wildman–Crippen MR) is 92.3 cm³/mol. The van der Waals surface area contributed by atoms with E-state index >= 15 is 0 Å².